The molecule has 2 unspecified atom stereocenters. The number of morpholine rings is 1. The third-order valence-electron chi connectivity index (χ3n) is 5.66. The van der Waals surface area contributed by atoms with Gasteiger partial charge in [0.15, 0.2) is 5.78 Å². The largest absolute Gasteiger partial charge is 0.487 e. The van der Waals surface area contributed by atoms with Gasteiger partial charge in [-0.05, 0) is 37.6 Å². The maximum Gasteiger partial charge on any atom is 0.221 e. The minimum atomic E-state index is -0.681. The Morgan fingerprint density at radius 3 is 2.73 bits per heavy atom. The Hall–Kier alpha value is -1.96. The number of ether oxygens (including phenoxy) is 2. The molecule has 3 aliphatic rings. The summed E-state index contributed by atoms with van der Waals surface area (Å²) in [5, 5.41) is 2.79. The van der Waals surface area contributed by atoms with Gasteiger partial charge in [-0.1, -0.05) is 34.1 Å². The molecule has 2 atom stereocenters. The van der Waals surface area contributed by atoms with E-state index < -0.39 is 11.2 Å². The summed E-state index contributed by atoms with van der Waals surface area (Å²) in [6, 6.07) is 7.87. The number of hydrogen-bond acceptors (Lipinski definition) is 5. The summed E-state index contributed by atoms with van der Waals surface area (Å²) in [5.74, 6) is 0.568. The van der Waals surface area contributed by atoms with Gasteiger partial charge in [0.05, 0.1) is 17.0 Å². The van der Waals surface area contributed by atoms with Crippen molar-refractivity contribution in [2.75, 3.05) is 25.0 Å². The number of halogens is 1. The van der Waals surface area contributed by atoms with Crippen LogP contribution in [0.1, 0.15) is 32.8 Å². The van der Waals surface area contributed by atoms with E-state index in [4.69, 9.17) is 9.47 Å². The standard InChI is InChI=1S/C23H27BrN2O4/c1-15(27)25-17-6-4-16(5-7-17)12-26-10-11-29-23(14-26)13-22(2,3)30-19-9-8-18(24)21(28)20(19)23/h4-9,18H,10-14H2,1-3H3,(H,25,27). The van der Waals surface area contributed by atoms with Crippen LogP contribution in [-0.2, 0) is 25.6 Å². The lowest BCUT2D eigenvalue weighted by Crippen LogP contribution is -2.60. The highest BCUT2D eigenvalue weighted by Crippen LogP contribution is 2.46. The van der Waals surface area contributed by atoms with Gasteiger partial charge in [-0.2, -0.15) is 0 Å². The number of Topliss-reactive ketones (excluding diaryl/α,β-unsaturated/α-hetero) is 1. The Morgan fingerprint density at radius 1 is 1.30 bits per heavy atom. The van der Waals surface area contributed by atoms with E-state index in [-0.39, 0.29) is 16.5 Å². The van der Waals surface area contributed by atoms with E-state index in [9.17, 15) is 9.59 Å². The fraction of sp³-hybridized carbons (Fsp3) is 0.478. The molecule has 1 N–H and O–H groups in total. The zero-order valence-corrected chi connectivity index (χ0v) is 19.1. The van der Waals surface area contributed by atoms with Gasteiger partial charge in [-0.25, -0.2) is 0 Å². The number of carbonyl (C=O) groups excluding carboxylic acids is 2. The highest BCUT2D eigenvalue weighted by Gasteiger charge is 2.53. The summed E-state index contributed by atoms with van der Waals surface area (Å²) in [4.78, 5) is 26.3. The van der Waals surface area contributed by atoms with Crippen LogP contribution in [0.2, 0.25) is 0 Å². The van der Waals surface area contributed by atoms with Crippen LogP contribution in [0.3, 0.4) is 0 Å². The van der Waals surface area contributed by atoms with Gasteiger partial charge in [0.2, 0.25) is 5.91 Å². The predicted molar refractivity (Wildman–Crippen MR) is 118 cm³/mol. The summed E-state index contributed by atoms with van der Waals surface area (Å²) in [7, 11) is 0. The van der Waals surface area contributed by atoms with Crippen LogP contribution in [0.4, 0.5) is 5.69 Å². The van der Waals surface area contributed by atoms with E-state index in [0.29, 0.717) is 30.9 Å². The third-order valence-corrected chi connectivity index (χ3v) is 6.38. The van der Waals surface area contributed by atoms with E-state index >= 15 is 0 Å². The molecular formula is C23H27BrN2O4. The second-order valence-corrected chi connectivity index (χ2v) is 9.82. The number of benzene rings is 1. The van der Waals surface area contributed by atoms with Crippen molar-refractivity contribution in [3.8, 4) is 0 Å². The van der Waals surface area contributed by atoms with Crippen molar-refractivity contribution >= 4 is 33.3 Å². The monoisotopic (exact) mass is 474 g/mol. The molecule has 1 fully saturated rings. The van der Waals surface area contributed by atoms with E-state index in [2.05, 4.69) is 26.1 Å². The van der Waals surface area contributed by atoms with Crippen molar-refractivity contribution in [1.29, 1.82) is 0 Å². The molecule has 0 saturated carbocycles. The van der Waals surface area contributed by atoms with Crippen molar-refractivity contribution < 1.29 is 19.1 Å². The zero-order chi connectivity index (χ0) is 21.5. The highest BCUT2D eigenvalue weighted by molar-refractivity contribution is 9.10. The lowest BCUT2D eigenvalue weighted by atomic mass is 9.75. The van der Waals surface area contributed by atoms with Crippen LogP contribution >= 0.6 is 15.9 Å². The van der Waals surface area contributed by atoms with Gasteiger partial charge in [0.25, 0.3) is 0 Å². The van der Waals surface area contributed by atoms with Crippen molar-refractivity contribution in [2.45, 2.75) is 49.8 Å². The SMILES string of the molecule is CC(=O)Nc1ccc(CN2CCOC3(C2)CC(C)(C)OC2=C3C(=O)C(Br)C=C2)cc1. The Morgan fingerprint density at radius 2 is 2.03 bits per heavy atom. The Bertz CT molecular complexity index is 922. The zero-order valence-electron chi connectivity index (χ0n) is 17.5. The number of hydrogen-bond donors (Lipinski definition) is 1. The first kappa shape index (κ1) is 21.3. The predicted octanol–water partition coefficient (Wildman–Crippen LogP) is 3.57. The molecule has 2 aliphatic heterocycles. The summed E-state index contributed by atoms with van der Waals surface area (Å²) in [6.45, 7) is 8.31. The van der Waals surface area contributed by atoms with Crippen molar-refractivity contribution in [2.24, 2.45) is 0 Å². The summed E-state index contributed by atoms with van der Waals surface area (Å²) in [6.07, 6.45) is 4.34. The van der Waals surface area contributed by atoms with E-state index in [1.54, 1.807) is 0 Å². The number of nitrogens with one attached hydrogen (secondary N) is 1. The molecule has 1 amide bonds. The molecule has 6 nitrogen and oxygen atoms in total. The molecule has 1 spiro atoms. The summed E-state index contributed by atoms with van der Waals surface area (Å²) < 4.78 is 12.5. The minimum Gasteiger partial charge on any atom is -0.487 e. The molecule has 2 heterocycles. The normalized spacial score (nSPS) is 28.3. The number of amides is 1. The molecule has 4 rings (SSSR count). The number of anilines is 1. The van der Waals surface area contributed by atoms with Gasteiger partial charge in [0.1, 0.15) is 17.0 Å². The second-order valence-electron chi connectivity index (χ2n) is 8.83. The van der Waals surface area contributed by atoms with Crippen LogP contribution < -0.4 is 5.32 Å². The molecule has 1 aliphatic carbocycles. The fourth-order valence-corrected chi connectivity index (χ4v) is 5.03. The molecule has 1 aromatic carbocycles. The minimum absolute atomic E-state index is 0.0181. The fourth-order valence-electron chi connectivity index (χ4n) is 4.65. The number of allylic oxidation sites excluding steroid dienone is 2. The topological polar surface area (TPSA) is 67.9 Å². The summed E-state index contributed by atoms with van der Waals surface area (Å²) in [5.41, 5.74) is 1.48. The Balaban J connectivity index is 1.58. The third kappa shape index (κ3) is 4.24. The van der Waals surface area contributed by atoms with Crippen LogP contribution in [0, 0.1) is 0 Å². The lowest BCUT2D eigenvalue weighted by molar-refractivity contribution is -0.151. The molecular weight excluding hydrogens is 448 g/mol. The van der Waals surface area contributed by atoms with Gasteiger partial charge >= 0.3 is 0 Å². The molecule has 0 bridgehead atoms. The smallest absolute Gasteiger partial charge is 0.221 e. The molecule has 7 heteroatoms. The summed E-state index contributed by atoms with van der Waals surface area (Å²) >= 11 is 3.46. The number of fused-ring (bicyclic) bond motifs is 1. The first-order valence-electron chi connectivity index (χ1n) is 10.2. The quantitative estimate of drug-likeness (QED) is 0.678. The van der Waals surface area contributed by atoms with Crippen LogP contribution in [0.25, 0.3) is 0 Å². The number of carbonyl (C=O) groups is 2. The van der Waals surface area contributed by atoms with Crippen molar-refractivity contribution in [1.82, 2.24) is 4.90 Å². The number of rotatable bonds is 3. The molecule has 30 heavy (non-hydrogen) atoms. The van der Waals surface area contributed by atoms with Gasteiger partial charge in [-0.3, -0.25) is 14.5 Å². The van der Waals surface area contributed by atoms with Crippen LogP contribution in [-0.4, -0.2) is 52.3 Å². The molecule has 1 saturated heterocycles. The molecule has 0 radical (unpaired) electrons. The van der Waals surface area contributed by atoms with Gasteiger partial charge < -0.3 is 14.8 Å². The van der Waals surface area contributed by atoms with E-state index in [0.717, 1.165) is 24.3 Å². The number of nitrogens with zero attached hydrogens (tertiary/aromatic N) is 1. The maximum atomic E-state index is 13.1. The van der Waals surface area contributed by atoms with Gasteiger partial charge in [-0.15, -0.1) is 0 Å². The average molecular weight is 475 g/mol. The Labute approximate surface area is 185 Å². The van der Waals surface area contributed by atoms with Crippen LogP contribution in [0.15, 0.2) is 47.7 Å². The second kappa shape index (κ2) is 7.94. The van der Waals surface area contributed by atoms with Crippen molar-refractivity contribution in [3.63, 3.8) is 0 Å². The number of alkyl halides is 1. The van der Waals surface area contributed by atoms with Crippen molar-refractivity contribution in [3.05, 3.63) is 53.3 Å². The molecule has 1 aromatic rings. The first-order valence-corrected chi connectivity index (χ1v) is 11.1. The lowest BCUT2D eigenvalue weighted by Gasteiger charge is -2.51. The van der Waals surface area contributed by atoms with E-state index in [1.165, 1.54) is 6.92 Å². The molecule has 160 valence electrons. The molecule has 0 aromatic heterocycles. The van der Waals surface area contributed by atoms with E-state index in [1.807, 2.05) is 50.3 Å². The highest BCUT2D eigenvalue weighted by atomic mass is 79.9. The first-order chi connectivity index (χ1) is 14.2. The van der Waals surface area contributed by atoms with Gasteiger partial charge in [0, 0.05) is 38.7 Å². The average Bonchev–Trinajstić information content (AvgIpc) is 2.65. The van der Waals surface area contributed by atoms with Crippen LogP contribution in [0.5, 0.6) is 0 Å². The maximum absolute atomic E-state index is 13.1. The Kier molecular flexibility index (Phi) is 5.64. The number of ketones is 1.